The smallest absolute Gasteiger partial charge is 0.289 e. The largest absolute Gasteiger partial charge is 0.348 e. The summed E-state index contributed by atoms with van der Waals surface area (Å²) in [4.78, 5) is 45.6. The minimum Gasteiger partial charge on any atom is -0.348 e. The predicted molar refractivity (Wildman–Crippen MR) is 110 cm³/mol. The topological polar surface area (TPSA) is 98.0 Å². The van der Waals surface area contributed by atoms with E-state index in [0.717, 1.165) is 48.2 Å². The summed E-state index contributed by atoms with van der Waals surface area (Å²) in [6.45, 7) is 1.88. The molecule has 1 spiro atoms. The van der Waals surface area contributed by atoms with Crippen LogP contribution in [-0.2, 0) is 16.8 Å². The lowest BCUT2D eigenvalue weighted by Gasteiger charge is -2.50. The number of imidazole rings is 2. The molecule has 3 aromatic rings. The van der Waals surface area contributed by atoms with E-state index in [1.807, 2.05) is 29.2 Å². The van der Waals surface area contributed by atoms with E-state index in [-0.39, 0.29) is 17.7 Å². The third kappa shape index (κ3) is 2.59. The van der Waals surface area contributed by atoms with E-state index in [2.05, 4.69) is 24.8 Å². The quantitative estimate of drug-likeness (QED) is 0.684. The first-order valence-corrected chi connectivity index (χ1v) is 10.7. The van der Waals surface area contributed by atoms with Crippen LogP contribution in [0.15, 0.2) is 30.6 Å². The molecule has 1 aliphatic carbocycles. The van der Waals surface area contributed by atoms with Crippen LogP contribution in [0.4, 0.5) is 0 Å². The van der Waals surface area contributed by atoms with E-state index in [1.165, 1.54) is 0 Å². The average molecular weight is 404 g/mol. The Balaban J connectivity index is 1.27. The number of likely N-dealkylation sites (tertiary alicyclic amines) is 1. The Morgan fingerprint density at radius 1 is 1.10 bits per heavy atom. The van der Waals surface area contributed by atoms with Crippen molar-refractivity contribution in [1.82, 2.24) is 29.7 Å². The van der Waals surface area contributed by atoms with E-state index >= 15 is 0 Å². The number of fused-ring (bicyclic) bond motifs is 3. The van der Waals surface area contributed by atoms with Crippen molar-refractivity contribution >= 4 is 22.8 Å². The highest BCUT2D eigenvalue weighted by atomic mass is 16.2. The molecule has 0 atom stereocenters. The lowest BCUT2D eigenvalue weighted by molar-refractivity contribution is -0.143. The van der Waals surface area contributed by atoms with E-state index in [9.17, 15) is 9.59 Å². The zero-order valence-electron chi connectivity index (χ0n) is 16.7. The summed E-state index contributed by atoms with van der Waals surface area (Å²) in [6.07, 6.45) is 5.95. The van der Waals surface area contributed by atoms with Crippen molar-refractivity contribution < 1.29 is 9.59 Å². The van der Waals surface area contributed by atoms with Crippen LogP contribution in [0.1, 0.15) is 47.7 Å². The molecule has 6 rings (SSSR count). The van der Waals surface area contributed by atoms with Gasteiger partial charge in [-0.2, -0.15) is 0 Å². The fourth-order valence-corrected chi connectivity index (χ4v) is 5.14. The van der Waals surface area contributed by atoms with E-state index in [1.54, 1.807) is 6.33 Å². The third-order valence-corrected chi connectivity index (χ3v) is 6.92. The summed E-state index contributed by atoms with van der Waals surface area (Å²) in [5.74, 6) is 0.736. The number of nitrogens with one attached hydrogen (secondary N) is 2. The summed E-state index contributed by atoms with van der Waals surface area (Å²) in [7, 11) is 0. The van der Waals surface area contributed by atoms with Crippen LogP contribution in [-0.4, -0.2) is 61.2 Å². The molecule has 2 aromatic heterocycles. The number of H-pyrrole nitrogens is 2. The van der Waals surface area contributed by atoms with Gasteiger partial charge in [-0.05, 0) is 37.8 Å². The zero-order valence-corrected chi connectivity index (χ0v) is 16.7. The number of hydrogen-bond donors (Lipinski definition) is 2. The van der Waals surface area contributed by atoms with Crippen LogP contribution >= 0.6 is 0 Å². The van der Waals surface area contributed by atoms with Crippen molar-refractivity contribution in [3.05, 3.63) is 47.8 Å². The van der Waals surface area contributed by atoms with Crippen LogP contribution in [0, 0.1) is 5.92 Å². The third-order valence-electron chi connectivity index (χ3n) is 6.92. The molecule has 3 aliphatic rings. The molecule has 30 heavy (non-hydrogen) atoms. The second kappa shape index (κ2) is 6.42. The van der Waals surface area contributed by atoms with Gasteiger partial charge in [-0.25, -0.2) is 9.97 Å². The standard InChI is InChI=1S/C22H24N6O2/c29-20(14-5-6-14)28-10-7-17-18(24-13-23-17)22(28)8-11-27(12-9-22)21(30)19-25-15-3-1-2-4-16(15)26-19/h1-4,13-14H,5-12H2,(H,23,24)(H,25,26). The molecule has 1 saturated heterocycles. The number of piperidine rings is 1. The van der Waals surface area contributed by atoms with Crippen molar-refractivity contribution in [2.24, 2.45) is 5.92 Å². The van der Waals surface area contributed by atoms with Gasteiger partial charge in [0.1, 0.15) is 0 Å². The summed E-state index contributed by atoms with van der Waals surface area (Å²) < 4.78 is 0. The van der Waals surface area contributed by atoms with Gasteiger partial charge in [0.15, 0.2) is 5.82 Å². The highest BCUT2D eigenvalue weighted by Gasteiger charge is 2.51. The number of para-hydroxylation sites is 2. The van der Waals surface area contributed by atoms with Crippen molar-refractivity contribution in [2.45, 2.75) is 37.6 Å². The molecule has 2 aliphatic heterocycles. The Labute approximate surface area is 173 Å². The normalized spacial score (nSPS) is 20.5. The molecule has 1 aromatic carbocycles. The Hall–Kier alpha value is -3.16. The molecular weight excluding hydrogens is 380 g/mol. The molecular formula is C22H24N6O2. The number of carbonyl (C=O) groups excluding carboxylic acids is 2. The maximum atomic E-state index is 13.1. The van der Waals surface area contributed by atoms with Crippen LogP contribution in [0.2, 0.25) is 0 Å². The van der Waals surface area contributed by atoms with E-state index in [0.29, 0.717) is 31.8 Å². The fraction of sp³-hybridized carbons (Fsp3) is 0.455. The zero-order chi connectivity index (χ0) is 20.3. The highest BCUT2D eigenvalue weighted by molar-refractivity contribution is 5.94. The number of nitrogens with zero attached hydrogens (tertiary/aromatic N) is 4. The SMILES string of the molecule is O=C(c1nc2ccccc2[nH]1)N1CCC2(CC1)c1nc[nH]c1CCN2C(=O)C1CC1. The number of carbonyl (C=O) groups is 2. The van der Waals surface area contributed by atoms with Gasteiger partial charge >= 0.3 is 0 Å². The first kappa shape index (κ1) is 17.7. The van der Waals surface area contributed by atoms with Gasteiger partial charge in [0.25, 0.3) is 5.91 Å². The first-order valence-electron chi connectivity index (χ1n) is 10.7. The number of benzene rings is 1. The molecule has 0 bridgehead atoms. The summed E-state index contributed by atoms with van der Waals surface area (Å²) in [5.41, 5.74) is 3.39. The van der Waals surface area contributed by atoms with Crippen molar-refractivity contribution in [1.29, 1.82) is 0 Å². The average Bonchev–Trinajstić information content (AvgIpc) is 3.34. The van der Waals surface area contributed by atoms with Crippen molar-refractivity contribution in [3.8, 4) is 0 Å². The Kier molecular flexibility index (Phi) is 3.78. The molecule has 1 saturated carbocycles. The molecule has 2 N–H and O–H groups in total. The van der Waals surface area contributed by atoms with E-state index in [4.69, 9.17) is 0 Å². The Morgan fingerprint density at radius 2 is 1.90 bits per heavy atom. The predicted octanol–water partition coefficient (Wildman–Crippen LogP) is 2.21. The molecule has 8 heteroatoms. The van der Waals surface area contributed by atoms with Crippen LogP contribution in [0.25, 0.3) is 11.0 Å². The molecule has 0 radical (unpaired) electrons. The van der Waals surface area contributed by atoms with Crippen molar-refractivity contribution in [2.75, 3.05) is 19.6 Å². The van der Waals surface area contributed by atoms with Gasteiger partial charge in [0, 0.05) is 37.7 Å². The summed E-state index contributed by atoms with van der Waals surface area (Å²) in [5, 5.41) is 0. The van der Waals surface area contributed by atoms with Crippen LogP contribution in [0.3, 0.4) is 0 Å². The van der Waals surface area contributed by atoms with Gasteiger partial charge in [0.2, 0.25) is 5.91 Å². The molecule has 2 fully saturated rings. The van der Waals surface area contributed by atoms with Crippen LogP contribution < -0.4 is 0 Å². The molecule has 154 valence electrons. The second-order valence-corrected chi connectivity index (χ2v) is 8.67. The van der Waals surface area contributed by atoms with Gasteiger partial charge in [0.05, 0.1) is 28.6 Å². The highest BCUT2D eigenvalue weighted by Crippen LogP contribution is 2.45. The fourth-order valence-electron chi connectivity index (χ4n) is 5.14. The molecule has 0 unspecified atom stereocenters. The Morgan fingerprint density at radius 3 is 2.67 bits per heavy atom. The minimum absolute atomic E-state index is 0.0841. The van der Waals surface area contributed by atoms with Gasteiger partial charge in [-0.15, -0.1) is 0 Å². The lowest BCUT2D eigenvalue weighted by Crippen LogP contribution is -2.59. The maximum absolute atomic E-state index is 13.1. The molecule has 4 heterocycles. The van der Waals surface area contributed by atoms with Gasteiger partial charge in [-0.3, -0.25) is 9.59 Å². The number of aromatic amines is 2. The summed E-state index contributed by atoms with van der Waals surface area (Å²) in [6, 6.07) is 7.66. The molecule has 2 amide bonds. The van der Waals surface area contributed by atoms with Crippen LogP contribution in [0.5, 0.6) is 0 Å². The Bertz CT molecular complexity index is 1100. The van der Waals surface area contributed by atoms with E-state index < -0.39 is 5.54 Å². The number of rotatable bonds is 2. The maximum Gasteiger partial charge on any atom is 0.289 e. The lowest BCUT2D eigenvalue weighted by atomic mass is 9.78. The number of amides is 2. The van der Waals surface area contributed by atoms with Crippen molar-refractivity contribution in [3.63, 3.8) is 0 Å². The van der Waals surface area contributed by atoms with Gasteiger partial charge < -0.3 is 19.8 Å². The monoisotopic (exact) mass is 404 g/mol. The number of hydrogen-bond acceptors (Lipinski definition) is 4. The summed E-state index contributed by atoms with van der Waals surface area (Å²) >= 11 is 0. The molecule has 8 nitrogen and oxygen atoms in total. The number of aromatic nitrogens is 4. The second-order valence-electron chi connectivity index (χ2n) is 8.67. The minimum atomic E-state index is -0.405. The first-order chi connectivity index (χ1) is 14.7. The van der Waals surface area contributed by atoms with Gasteiger partial charge in [-0.1, -0.05) is 12.1 Å².